The Kier molecular flexibility index (Phi) is 6.26. The van der Waals surface area contributed by atoms with E-state index in [0.717, 1.165) is 11.6 Å². The lowest BCUT2D eigenvalue weighted by Crippen LogP contribution is -2.28. The first-order valence-electron chi connectivity index (χ1n) is 10.4. The van der Waals surface area contributed by atoms with Gasteiger partial charge >= 0.3 is 12.3 Å². The van der Waals surface area contributed by atoms with Crippen molar-refractivity contribution >= 4 is 6.09 Å². The first-order valence-corrected chi connectivity index (χ1v) is 10.4. The van der Waals surface area contributed by atoms with Gasteiger partial charge in [-0.15, -0.1) is 0 Å². The second-order valence-corrected chi connectivity index (χ2v) is 7.81. The van der Waals surface area contributed by atoms with Crippen LogP contribution >= 0.6 is 0 Å². The van der Waals surface area contributed by atoms with Crippen molar-refractivity contribution in [1.29, 1.82) is 0 Å². The van der Waals surface area contributed by atoms with Crippen LogP contribution in [0.5, 0.6) is 5.75 Å². The fraction of sp³-hybridized carbons (Fsp3) is 0.348. The van der Waals surface area contributed by atoms with E-state index in [0.29, 0.717) is 31.6 Å². The summed E-state index contributed by atoms with van der Waals surface area (Å²) in [4.78, 5) is 16.7. The summed E-state index contributed by atoms with van der Waals surface area (Å²) in [5, 5.41) is 13.1. The lowest BCUT2D eigenvalue weighted by molar-refractivity contribution is -0.138. The zero-order chi connectivity index (χ0) is 23.6. The Balaban J connectivity index is 1.56. The summed E-state index contributed by atoms with van der Waals surface area (Å²) >= 11 is 0. The molecule has 2 aromatic carbocycles. The number of halogens is 3. The van der Waals surface area contributed by atoms with Gasteiger partial charge in [0.2, 0.25) is 11.7 Å². The van der Waals surface area contributed by atoms with Crippen molar-refractivity contribution in [2.24, 2.45) is 0 Å². The fourth-order valence-electron chi connectivity index (χ4n) is 4.01. The van der Waals surface area contributed by atoms with Crippen LogP contribution in [-0.4, -0.2) is 39.9 Å². The molecule has 1 N–H and O–H groups in total. The van der Waals surface area contributed by atoms with E-state index in [4.69, 9.17) is 9.26 Å². The second kappa shape index (κ2) is 9.13. The third-order valence-corrected chi connectivity index (χ3v) is 5.74. The van der Waals surface area contributed by atoms with E-state index < -0.39 is 23.9 Å². The molecular weight excluding hydrogens is 439 g/mol. The molecule has 0 bridgehead atoms. The van der Waals surface area contributed by atoms with Gasteiger partial charge in [-0.25, -0.2) is 4.79 Å². The van der Waals surface area contributed by atoms with Crippen LogP contribution in [0, 0.1) is 0 Å². The maximum absolute atomic E-state index is 13.8. The molecule has 0 spiro atoms. The van der Waals surface area contributed by atoms with E-state index in [2.05, 4.69) is 10.1 Å². The number of aryl methyl sites for hydroxylation is 2. The number of carboxylic acid groups (broad SMARTS) is 1. The molecular formula is C23H22F3N3O4. The number of methoxy groups -OCH3 is 1. The minimum atomic E-state index is -4.55. The molecule has 0 saturated carbocycles. The minimum absolute atomic E-state index is 0.00515. The Hall–Kier alpha value is -3.56. The minimum Gasteiger partial charge on any atom is -0.497 e. The summed E-state index contributed by atoms with van der Waals surface area (Å²) in [6.07, 6.45) is -3.84. The number of carbonyl (C=O) groups is 1. The van der Waals surface area contributed by atoms with Crippen molar-refractivity contribution in [1.82, 2.24) is 15.0 Å². The van der Waals surface area contributed by atoms with Crippen LogP contribution in [0.2, 0.25) is 0 Å². The molecule has 1 saturated heterocycles. The Morgan fingerprint density at radius 3 is 2.64 bits per heavy atom. The lowest BCUT2D eigenvalue weighted by Gasteiger charge is -2.17. The smallest absolute Gasteiger partial charge is 0.416 e. The van der Waals surface area contributed by atoms with Gasteiger partial charge in [-0.3, -0.25) is 4.90 Å². The fourth-order valence-corrected chi connectivity index (χ4v) is 4.01. The molecule has 1 aliphatic heterocycles. The van der Waals surface area contributed by atoms with E-state index in [-0.39, 0.29) is 29.3 Å². The highest BCUT2D eigenvalue weighted by Crippen LogP contribution is 2.36. The molecule has 1 fully saturated rings. The standard InChI is InChI=1S/C23H22F3N3O4/c1-32-17-10-5-14(6-11-17)4-7-15-8-9-16(13-18(15)23(24,25)26)20-27-21(33-28-20)19-3-2-12-29(19)22(30)31/h5-6,8-11,13,19H,2-4,7,12H2,1H3,(H,30,31). The molecule has 1 unspecified atom stereocenters. The molecule has 4 rings (SSSR count). The summed E-state index contributed by atoms with van der Waals surface area (Å²) < 4.78 is 51.7. The molecule has 1 aromatic heterocycles. The van der Waals surface area contributed by atoms with Gasteiger partial charge in [0, 0.05) is 12.1 Å². The van der Waals surface area contributed by atoms with Crippen LogP contribution in [-0.2, 0) is 19.0 Å². The van der Waals surface area contributed by atoms with Crippen LogP contribution in [0.15, 0.2) is 47.0 Å². The van der Waals surface area contributed by atoms with Gasteiger partial charge in [-0.1, -0.05) is 29.4 Å². The number of hydrogen-bond acceptors (Lipinski definition) is 5. The number of rotatable bonds is 6. The zero-order valence-electron chi connectivity index (χ0n) is 17.8. The monoisotopic (exact) mass is 461 g/mol. The Labute approximate surface area is 187 Å². The predicted molar refractivity (Wildman–Crippen MR) is 112 cm³/mol. The first-order chi connectivity index (χ1) is 15.8. The molecule has 2 heterocycles. The van der Waals surface area contributed by atoms with E-state index in [1.807, 2.05) is 12.1 Å². The second-order valence-electron chi connectivity index (χ2n) is 7.81. The average Bonchev–Trinajstić information content (AvgIpc) is 3.47. The summed E-state index contributed by atoms with van der Waals surface area (Å²) in [7, 11) is 1.55. The highest BCUT2D eigenvalue weighted by Gasteiger charge is 2.36. The summed E-state index contributed by atoms with van der Waals surface area (Å²) in [5.74, 6) is 0.763. The van der Waals surface area contributed by atoms with Crippen LogP contribution in [0.25, 0.3) is 11.4 Å². The highest BCUT2D eigenvalue weighted by molar-refractivity contribution is 5.66. The van der Waals surface area contributed by atoms with E-state index in [9.17, 15) is 23.1 Å². The highest BCUT2D eigenvalue weighted by atomic mass is 19.4. The molecule has 3 aromatic rings. The van der Waals surface area contributed by atoms with Crippen LogP contribution < -0.4 is 4.74 Å². The van der Waals surface area contributed by atoms with Crippen LogP contribution in [0.1, 0.15) is 41.5 Å². The molecule has 10 heteroatoms. The van der Waals surface area contributed by atoms with Crippen molar-refractivity contribution in [3.63, 3.8) is 0 Å². The average molecular weight is 461 g/mol. The third-order valence-electron chi connectivity index (χ3n) is 5.74. The van der Waals surface area contributed by atoms with Crippen molar-refractivity contribution in [3.05, 3.63) is 65.0 Å². The number of hydrogen-bond donors (Lipinski definition) is 1. The van der Waals surface area contributed by atoms with Gasteiger partial charge in [0.1, 0.15) is 11.8 Å². The van der Waals surface area contributed by atoms with Crippen molar-refractivity contribution < 1.29 is 32.3 Å². The Bertz CT molecular complexity index is 1130. The number of amides is 1. The van der Waals surface area contributed by atoms with E-state index >= 15 is 0 Å². The van der Waals surface area contributed by atoms with Crippen molar-refractivity contribution in [2.45, 2.75) is 37.9 Å². The van der Waals surface area contributed by atoms with Gasteiger partial charge in [0.25, 0.3) is 0 Å². The topological polar surface area (TPSA) is 88.7 Å². The quantitative estimate of drug-likeness (QED) is 0.531. The normalized spacial score (nSPS) is 16.2. The summed E-state index contributed by atoms with van der Waals surface area (Å²) in [6, 6.07) is 10.6. The predicted octanol–water partition coefficient (Wildman–Crippen LogP) is 5.36. The Morgan fingerprint density at radius 1 is 1.21 bits per heavy atom. The number of likely N-dealkylation sites (tertiary alicyclic amines) is 1. The number of aromatic nitrogens is 2. The summed E-state index contributed by atoms with van der Waals surface area (Å²) in [5.41, 5.74) is 0.465. The van der Waals surface area contributed by atoms with Gasteiger partial charge in [-0.05, 0) is 55.0 Å². The van der Waals surface area contributed by atoms with Gasteiger partial charge in [0.15, 0.2) is 0 Å². The van der Waals surface area contributed by atoms with Crippen molar-refractivity contribution in [3.8, 4) is 17.1 Å². The number of benzene rings is 2. The van der Waals surface area contributed by atoms with Crippen LogP contribution in [0.4, 0.5) is 18.0 Å². The SMILES string of the molecule is COc1ccc(CCc2ccc(-c3noc(C4CCCN4C(=O)O)n3)cc2C(F)(F)F)cc1. The molecule has 33 heavy (non-hydrogen) atoms. The summed E-state index contributed by atoms with van der Waals surface area (Å²) in [6.45, 7) is 0.346. The van der Waals surface area contributed by atoms with Gasteiger partial charge < -0.3 is 14.4 Å². The van der Waals surface area contributed by atoms with E-state index in [1.54, 1.807) is 19.2 Å². The Morgan fingerprint density at radius 2 is 1.97 bits per heavy atom. The maximum Gasteiger partial charge on any atom is 0.416 e. The third kappa shape index (κ3) is 4.94. The number of alkyl halides is 3. The zero-order valence-corrected chi connectivity index (χ0v) is 17.8. The lowest BCUT2D eigenvalue weighted by atomic mass is 9.97. The largest absolute Gasteiger partial charge is 0.497 e. The molecule has 0 aliphatic carbocycles. The van der Waals surface area contributed by atoms with Gasteiger partial charge in [-0.2, -0.15) is 18.2 Å². The van der Waals surface area contributed by atoms with E-state index in [1.165, 1.54) is 17.0 Å². The molecule has 1 amide bonds. The molecule has 1 aliphatic rings. The number of nitrogens with zero attached hydrogens (tertiary/aromatic N) is 3. The molecule has 174 valence electrons. The first kappa shape index (κ1) is 22.6. The molecule has 0 radical (unpaired) electrons. The van der Waals surface area contributed by atoms with Crippen LogP contribution in [0.3, 0.4) is 0 Å². The molecule has 1 atom stereocenters. The molecule has 7 nitrogen and oxygen atoms in total. The van der Waals surface area contributed by atoms with Gasteiger partial charge in [0.05, 0.1) is 12.7 Å². The number of ether oxygens (including phenoxy) is 1. The maximum atomic E-state index is 13.8. The van der Waals surface area contributed by atoms with Crippen molar-refractivity contribution in [2.75, 3.05) is 13.7 Å².